The van der Waals surface area contributed by atoms with E-state index in [9.17, 15) is 18.0 Å². The summed E-state index contributed by atoms with van der Waals surface area (Å²) >= 11 is 4.90. The summed E-state index contributed by atoms with van der Waals surface area (Å²) in [6, 6.07) is 4.92. The highest BCUT2D eigenvalue weighted by Gasteiger charge is 2.49. The van der Waals surface area contributed by atoms with Crippen molar-refractivity contribution in [3.05, 3.63) is 34.9 Å². The highest BCUT2D eigenvalue weighted by molar-refractivity contribution is 6.16. The van der Waals surface area contributed by atoms with Gasteiger partial charge in [-0.15, -0.1) is 0 Å². The van der Waals surface area contributed by atoms with Crippen molar-refractivity contribution in [1.82, 2.24) is 0 Å². The zero-order valence-electron chi connectivity index (χ0n) is 12.1. The van der Waals surface area contributed by atoms with Crippen LogP contribution < -0.4 is 4.74 Å². The molecular weight excluding hydrogens is 321 g/mol. The van der Waals surface area contributed by atoms with Gasteiger partial charge in [0.15, 0.2) is 0 Å². The van der Waals surface area contributed by atoms with E-state index in [1.807, 2.05) is 20.8 Å². The molecule has 1 aliphatic rings. The van der Waals surface area contributed by atoms with Crippen molar-refractivity contribution in [3.8, 4) is 5.75 Å². The van der Waals surface area contributed by atoms with Crippen LogP contribution in [0, 0.1) is 0 Å². The average molecular weight is 335 g/mol. The van der Waals surface area contributed by atoms with Crippen molar-refractivity contribution in [2.24, 2.45) is 0 Å². The van der Waals surface area contributed by atoms with Crippen LogP contribution >= 0.6 is 11.9 Å². The second kappa shape index (κ2) is 5.50. The van der Waals surface area contributed by atoms with Crippen LogP contribution in [0.3, 0.4) is 0 Å². The molecule has 0 aromatic heterocycles. The lowest BCUT2D eigenvalue weighted by Crippen LogP contribution is -2.40. The van der Waals surface area contributed by atoms with Gasteiger partial charge in [0, 0.05) is 5.56 Å². The van der Waals surface area contributed by atoms with Crippen molar-refractivity contribution < 1.29 is 27.0 Å². The largest absolute Gasteiger partial charge is 0.475 e. The van der Waals surface area contributed by atoms with Crippen LogP contribution in [0.25, 0.3) is 6.08 Å². The minimum atomic E-state index is -4.76. The highest BCUT2D eigenvalue weighted by Crippen LogP contribution is 2.39. The summed E-state index contributed by atoms with van der Waals surface area (Å²) in [6.07, 6.45) is -6.07. The molecule has 1 heterocycles. The van der Waals surface area contributed by atoms with Gasteiger partial charge in [-0.25, -0.2) is 4.79 Å². The second-order valence-corrected chi connectivity index (χ2v) is 6.16. The molecule has 1 aromatic rings. The van der Waals surface area contributed by atoms with Gasteiger partial charge in [0.1, 0.15) is 17.6 Å². The Bertz CT molecular complexity index is 630. The molecule has 1 atom stereocenters. The SMILES string of the molecule is CC(C)(C)c1ccc2c(c1)O[C@H](C(F)(F)F)C(C(=O)OCl)=C2. The smallest absolute Gasteiger partial charge is 0.430 e. The topological polar surface area (TPSA) is 35.5 Å². The van der Waals surface area contributed by atoms with Crippen LogP contribution in [-0.2, 0) is 14.5 Å². The summed E-state index contributed by atoms with van der Waals surface area (Å²) in [5.74, 6) is -1.21. The Labute approximate surface area is 130 Å². The predicted octanol–water partition coefficient (Wildman–Crippen LogP) is 4.39. The molecule has 0 saturated carbocycles. The van der Waals surface area contributed by atoms with Gasteiger partial charge >= 0.3 is 12.1 Å². The Morgan fingerprint density at radius 3 is 2.41 bits per heavy atom. The molecule has 0 fully saturated rings. The van der Waals surface area contributed by atoms with Crippen molar-refractivity contribution in [2.45, 2.75) is 38.5 Å². The first-order valence-corrected chi connectivity index (χ1v) is 6.77. The number of fused-ring (bicyclic) bond motifs is 1. The average Bonchev–Trinajstić information content (AvgIpc) is 2.42. The van der Waals surface area contributed by atoms with Crippen LogP contribution in [0.1, 0.15) is 31.9 Å². The minimum Gasteiger partial charge on any atom is -0.475 e. The number of ether oxygens (including phenoxy) is 1. The molecule has 0 bridgehead atoms. The Hall–Kier alpha value is -1.69. The van der Waals surface area contributed by atoms with Crippen molar-refractivity contribution >= 4 is 23.9 Å². The van der Waals surface area contributed by atoms with Gasteiger partial charge in [0.2, 0.25) is 6.10 Å². The molecule has 0 saturated heterocycles. The maximum Gasteiger partial charge on any atom is 0.430 e. The molecule has 0 amide bonds. The fourth-order valence-electron chi connectivity index (χ4n) is 2.11. The Morgan fingerprint density at radius 1 is 1.27 bits per heavy atom. The highest BCUT2D eigenvalue weighted by atomic mass is 35.5. The van der Waals surface area contributed by atoms with E-state index >= 15 is 0 Å². The third-order valence-corrected chi connectivity index (χ3v) is 3.46. The van der Waals surface area contributed by atoms with E-state index < -0.39 is 23.8 Å². The number of carbonyl (C=O) groups excluding carboxylic acids is 1. The second-order valence-electron chi connectivity index (χ2n) is 6.01. The molecule has 0 unspecified atom stereocenters. The zero-order valence-corrected chi connectivity index (χ0v) is 12.9. The van der Waals surface area contributed by atoms with Crippen LogP contribution in [0.15, 0.2) is 23.8 Å². The summed E-state index contributed by atoms with van der Waals surface area (Å²) in [5, 5.41) is 0. The van der Waals surface area contributed by atoms with Gasteiger partial charge in [-0.2, -0.15) is 13.2 Å². The molecule has 1 aliphatic heterocycles. The summed E-state index contributed by atoms with van der Waals surface area (Å²) in [5.41, 5.74) is 0.263. The van der Waals surface area contributed by atoms with E-state index in [0.29, 0.717) is 5.56 Å². The molecule has 3 nitrogen and oxygen atoms in total. The molecule has 120 valence electrons. The van der Waals surface area contributed by atoms with E-state index in [1.165, 1.54) is 0 Å². The van der Waals surface area contributed by atoms with Gasteiger partial charge < -0.3 is 9.03 Å². The zero-order chi connectivity index (χ0) is 16.7. The normalized spacial score (nSPS) is 18.1. The third kappa shape index (κ3) is 3.21. The molecular formula is C15H14ClF3O3. The van der Waals surface area contributed by atoms with Crippen LogP contribution in [0.4, 0.5) is 13.2 Å². The number of carbonyl (C=O) groups is 1. The van der Waals surface area contributed by atoms with Crippen LogP contribution in [-0.4, -0.2) is 18.2 Å². The Balaban J connectivity index is 2.53. The standard InChI is InChI=1S/C15H14ClF3O3/c1-14(2,3)9-5-4-8-6-10(13(20)22-16)12(15(17,18)19)21-11(8)7-9/h4-7,12H,1-3H3/t12-/m0/s1. The summed E-state index contributed by atoms with van der Waals surface area (Å²) in [6.45, 7) is 5.81. The molecule has 0 aliphatic carbocycles. The van der Waals surface area contributed by atoms with Gasteiger partial charge in [0.05, 0.1) is 5.57 Å². The lowest BCUT2D eigenvalue weighted by atomic mass is 9.86. The lowest BCUT2D eigenvalue weighted by molar-refractivity contribution is -0.186. The maximum absolute atomic E-state index is 13.1. The molecule has 0 radical (unpaired) electrons. The van der Waals surface area contributed by atoms with E-state index in [0.717, 1.165) is 11.6 Å². The van der Waals surface area contributed by atoms with Gasteiger partial charge in [-0.3, -0.25) is 0 Å². The van der Waals surface area contributed by atoms with E-state index in [2.05, 4.69) is 4.29 Å². The molecule has 1 aromatic carbocycles. The van der Waals surface area contributed by atoms with Gasteiger partial charge in [0.25, 0.3) is 0 Å². The summed E-state index contributed by atoms with van der Waals surface area (Å²) in [4.78, 5) is 11.5. The minimum absolute atomic E-state index is 0.0703. The molecule has 2 rings (SSSR count). The quantitative estimate of drug-likeness (QED) is 0.764. The first kappa shape index (κ1) is 16.7. The maximum atomic E-state index is 13.1. The fourth-order valence-corrected chi connectivity index (χ4v) is 2.20. The number of halogens is 4. The van der Waals surface area contributed by atoms with Crippen LogP contribution in [0.2, 0.25) is 0 Å². The monoisotopic (exact) mass is 334 g/mol. The lowest BCUT2D eigenvalue weighted by Gasteiger charge is -2.29. The van der Waals surface area contributed by atoms with Crippen LogP contribution in [0.5, 0.6) is 5.75 Å². The van der Waals surface area contributed by atoms with Gasteiger partial charge in [-0.1, -0.05) is 32.9 Å². The molecule has 0 N–H and O–H groups in total. The molecule has 0 spiro atoms. The predicted molar refractivity (Wildman–Crippen MR) is 75.5 cm³/mol. The molecule has 7 heteroatoms. The van der Waals surface area contributed by atoms with Crippen molar-refractivity contribution in [1.29, 1.82) is 0 Å². The van der Waals surface area contributed by atoms with E-state index in [1.54, 1.807) is 18.2 Å². The van der Waals surface area contributed by atoms with E-state index in [-0.39, 0.29) is 11.2 Å². The van der Waals surface area contributed by atoms with Gasteiger partial charge in [-0.05, 0) is 23.1 Å². The first-order valence-electron chi connectivity index (χ1n) is 6.46. The Morgan fingerprint density at radius 2 is 1.91 bits per heavy atom. The number of benzene rings is 1. The number of rotatable bonds is 1. The number of hydrogen-bond acceptors (Lipinski definition) is 3. The summed E-state index contributed by atoms with van der Waals surface area (Å²) in [7, 11) is 0. The van der Waals surface area contributed by atoms with Crippen molar-refractivity contribution in [2.75, 3.05) is 0 Å². The van der Waals surface area contributed by atoms with E-state index in [4.69, 9.17) is 16.6 Å². The third-order valence-electron chi connectivity index (χ3n) is 3.32. The Kier molecular flexibility index (Phi) is 4.17. The summed E-state index contributed by atoms with van der Waals surface area (Å²) < 4.78 is 48.2. The molecule has 22 heavy (non-hydrogen) atoms. The number of hydrogen-bond donors (Lipinski definition) is 0. The first-order chi connectivity index (χ1) is 10.0. The fraction of sp³-hybridized carbons (Fsp3) is 0.400. The van der Waals surface area contributed by atoms with Crippen molar-refractivity contribution in [3.63, 3.8) is 0 Å². The number of alkyl halides is 3.